The third-order valence-electron chi connectivity index (χ3n) is 3.18. The van der Waals surface area contributed by atoms with Crippen LogP contribution in [-0.2, 0) is 13.5 Å². The van der Waals surface area contributed by atoms with Crippen molar-refractivity contribution >= 4 is 0 Å². The minimum atomic E-state index is 0.652. The van der Waals surface area contributed by atoms with E-state index in [0.717, 1.165) is 32.6 Å². The molecule has 1 N–H and O–H groups in total. The summed E-state index contributed by atoms with van der Waals surface area (Å²) in [5.74, 6) is 1.18. The van der Waals surface area contributed by atoms with Crippen molar-refractivity contribution in [2.24, 2.45) is 7.05 Å². The maximum Gasteiger partial charge on any atom is 0.109 e. The van der Waals surface area contributed by atoms with Crippen LogP contribution in [0.25, 0.3) is 0 Å². The molecule has 4 heteroatoms. The molecule has 0 amide bonds. The normalized spacial score (nSPS) is 23.2. The summed E-state index contributed by atoms with van der Waals surface area (Å²) in [4.78, 5) is 6.88. The Morgan fingerprint density at radius 2 is 2.47 bits per heavy atom. The number of imidazole rings is 1. The van der Waals surface area contributed by atoms with Crippen LogP contribution in [0.4, 0.5) is 0 Å². The standard InChI is InChI=1S/C11H20N4/c1-10-9-12-4-8-15(10)6-3-11-13-5-7-14(11)2/h5,7,10,12H,3-4,6,8-9H2,1-2H3/t10-/m1/s1. The van der Waals surface area contributed by atoms with Crippen molar-refractivity contribution in [1.29, 1.82) is 0 Å². The van der Waals surface area contributed by atoms with Gasteiger partial charge in [0.05, 0.1) is 0 Å². The van der Waals surface area contributed by atoms with E-state index in [1.165, 1.54) is 5.82 Å². The molecule has 0 aromatic carbocycles. The van der Waals surface area contributed by atoms with Crippen molar-refractivity contribution in [3.05, 3.63) is 18.2 Å². The van der Waals surface area contributed by atoms with Crippen LogP contribution in [0.1, 0.15) is 12.7 Å². The van der Waals surface area contributed by atoms with E-state index in [9.17, 15) is 0 Å². The smallest absolute Gasteiger partial charge is 0.109 e. The summed E-state index contributed by atoms with van der Waals surface area (Å²) in [5, 5.41) is 3.41. The summed E-state index contributed by atoms with van der Waals surface area (Å²) in [7, 11) is 2.06. The molecule has 1 aromatic heterocycles. The number of rotatable bonds is 3. The first-order chi connectivity index (χ1) is 7.27. The Balaban J connectivity index is 1.84. The molecule has 0 unspecified atom stereocenters. The van der Waals surface area contributed by atoms with E-state index >= 15 is 0 Å². The molecule has 2 heterocycles. The average Bonchev–Trinajstić information content (AvgIpc) is 2.63. The lowest BCUT2D eigenvalue weighted by molar-refractivity contribution is 0.174. The minimum absolute atomic E-state index is 0.652. The molecule has 0 spiro atoms. The first-order valence-electron chi connectivity index (χ1n) is 5.68. The van der Waals surface area contributed by atoms with E-state index in [0.29, 0.717) is 6.04 Å². The predicted molar refractivity (Wildman–Crippen MR) is 60.8 cm³/mol. The number of nitrogens with one attached hydrogen (secondary N) is 1. The highest BCUT2D eigenvalue weighted by molar-refractivity contribution is 4.92. The highest BCUT2D eigenvalue weighted by atomic mass is 15.2. The third kappa shape index (κ3) is 2.58. The lowest BCUT2D eigenvalue weighted by Crippen LogP contribution is -2.50. The van der Waals surface area contributed by atoms with Gasteiger partial charge in [0.25, 0.3) is 0 Å². The lowest BCUT2D eigenvalue weighted by Gasteiger charge is -2.33. The Morgan fingerprint density at radius 3 is 3.13 bits per heavy atom. The summed E-state index contributed by atoms with van der Waals surface area (Å²) in [6.45, 7) is 6.79. The van der Waals surface area contributed by atoms with Crippen molar-refractivity contribution in [2.75, 3.05) is 26.2 Å². The molecule has 0 aliphatic carbocycles. The Hall–Kier alpha value is -0.870. The zero-order valence-corrected chi connectivity index (χ0v) is 9.61. The number of piperazine rings is 1. The molecule has 1 saturated heterocycles. The van der Waals surface area contributed by atoms with Gasteiger partial charge in [-0.2, -0.15) is 0 Å². The maximum absolute atomic E-state index is 4.35. The molecule has 84 valence electrons. The van der Waals surface area contributed by atoms with Crippen molar-refractivity contribution in [1.82, 2.24) is 19.8 Å². The molecule has 1 fully saturated rings. The number of nitrogens with zero attached hydrogens (tertiary/aromatic N) is 3. The zero-order chi connectivity index (χ0) is 10.7. The van der Waals surface area contributed by atoms with E-state index in [1.54, 1.807) is 0 Å². The molecule has 1 aromatic rings. The van der Waals surface area contributed by atoms with Crippen molar-refractivity contribution in [2.45, 2.75) is 19.4 Å². The molecule has 1 aliphatic heterocycles. The summed E-state index contributed by atoms with van der Waals surface area (Å²) >= 11 is 0. The van der Waals surface area contributed by atoms with Crippen LogP contribution in [0, 0.1) is 0 Å². The fourth-order valence-corrected chi connectivity index (χ4v) is 2.10. The van der Waals surface area contributed by atoms with Crippen molar-refractivity contribution in [3.8, 4) is 0 Å². The molecular formula is C11H20N4. The second-order valence-corrected chi connectivity index (χ2v) is 4.29. The molecule has 0 saturated carbocycles. The van der Waals surface area contributed by atoms with Gasteiger partial charge in [-0.15, -0.1) is 0 Å². The highest BCUT2D eigenvalue weighted by Crippen LogP contribution is 2.04. The first-order valence-corrected chi connectivity index (χ1v) is 5.68. The monoisotopic (exact) mass is 208 g/mol. The molecule has 1 atom stereocenters. The van der Waals surface area contributed by atoms with Crippen LogP contribution >= 0.6 is 0 Å². The van der Waals surface area contributed by atoms with E-state index in [1.807, 2.05) is 12.4 Å². The lowest BCUT2D eigenvalue weighted by atomic mass is 10.2. The van der Waals surface area contributed by atoms with Crippen LogP contribution in [0.3, 0.4) is 0 Å². The van der Waals surface area contributed by atoms with E-state index in [4.69, 9.17) is 0 Å². The molecule has 1 aliphatic rings. The summed E-state index contributed by atoms with van der Waals surface area (Å²) < 4.78 is 2.10. The van der Waals surface area contributed by atoms with Gasteiger partial charge < -0.3 is 9.88 Å². The second-order valence-electron chi connectivity index (χ2n) is 4.29. The number of hydrogen-bond donors (Lipinski definition) is 1. The molecule has 4 nitrogen and oxygen atoms in total. The van der Waals surface area contributed by atoms with Gasteiger partial charge in [0, 0.05) is 58.1 Å². The minimum Gasteiger partial charge on any atom is -0.338 e. The van der Waals surface area contributed by atoms with Crippen LogP contribution in [-0.4, -0.2) is 46.7 Å². The second kappa shape index (κ2) is 4.77. The van der Waals surface area contributed by atoms with Gasteiger partial charge in [-0.05, 0) is 6.92 Å². The van der Waals surface area contributed by atoms with Gasteiger partial charge in [0.1, 0.15) is 5.82 Å². The molecule has 15 heavy (non-hydrogen) atoms. The van der Waals surface area contributed by atoms with Crippen molar-refractivity contribution in [3.63, 3.8) is 0 Å². The van der Waals surface area contributed by atoms with E-state index in [-0.39, 0.29) is 0 Å². The molecular weight excluding hydrogens is 188 g/mol. The van der Waals surface area contributed by atoms with Crippen molar-refractivity contribution < 1.29 is 0 Å². The summed E-state index contributed by atoms with van der Waals surface area (Å²) in [6, 6.07) is 0.652. The summed E-state index contributed by atoms with van der Waals surface area (Å²) in [5.41, 5.74) is 0. The average molecular weight is 208 g/mol. The molecule has 2 rings (SSSR count). The van der Waals surface area contributed by atoms with Gasteiger partial charge in [-0.1, -0.05) is 0 Å². The van der Waals surface area contributed by atoms with E-state index in [2.05, 4.69) is 33.7 Å². The SMILES string of the molecule is C[C@@H]1CNCCN1CCc1nccn1C. The molecule has 0 bridgehead atoms. The van der Waals surface area contributed by atoms with Crippen LogP contribution in [0.2, 0.25) is 0 Å². The fraction of sp³-hybridized carbons (Fsp3) is 0.727. The number of aromatic nitrogens is 2. The van der Waals surface area contributed by atoms with Crippen LogP contribution in [0.15, 0.2) is 12.4 Å². The third-order valence-corrected chi connectivity index (χ3v) is 3.18. The van der Waals surface area contributed by atoms with Gasteiger partial charge in [0.15, 0.2) is 0 Å². The quantitative estimate of drug-likeness (QED) is 0.773. The van der Waals surface area contributed by atoms with Crippen LogP contribution in [0.5, 0.6) is 0 Å². The Bertz CT molecular complexity index is 307. The number of hydrogen-bond acceptors (Lipinski definition) is 3. The summed E-state index contributed by atoms with van der Waals surface area (Å²) in [6.07, 6.45) is 4.93. The first kappa shape index (κ1) is 10.6. The Labute approximate surface area is 91.3 Å². The fourth-order valence-electron chi connectivity index (χ4n) is 2.10. The topological polar surface area (TPSA) is 33.1 Å². The van der Waals surface area contributed by atoms with Crippen LogP contribution < -0.4 is 5.32 Å². The maximum atomic E-state index is 4.35. The molecule has 0 radical (unpaired) electrons. The largest absolute Gasteiger partial charge is 0.338 e. The zero-order valence-electron chi connectivity index (χ0n) is 9.61. The van der Waals surface area contributed by atoms with Gasteiger partial charge >= 0.3 is 0 Å². The Kier molecular flexibility index (Phi) is 3.38. The van der Waals surface area contributed by atoms with Gasteiger partial charge in [0.2, 0.25) is 0 Å². The predicted octanol–water partition coefficient (Wildman–Crippen LogP) is 0.256. The Morgan fingerprint density at radius 1 is 1.60 bits per heavy atom. The number of aryl methyl sites for hydroxylation is 1. The van der Waals surface area contributed by atoms with Gasteiger partial charge in [-0.25, -0.2) is 4.98 Å². The highest BCUT2D eigenvalue weighted by Gasteiger charge is 2.17. The van der Waals surface area contributed by atoms with Gasteiger partial charge in [-0.3, -0.25) is 4.90 Å². The van der Waals surface area contributed by atoms with E-state index < -0.39 is 0 Å².